The summed E-state index contributed by atoms with van der Waals surface area (Å²) in [6, 6.07) is 0. The summed E-state index contributed by atoms with van der Waals surface area (Å²) in [7, 11) is 0. The highest BCUT2D eigenvalue weighted by atomic mass is 19.4. The first-order chi connectivity index (χ1) is 17.1. The molecule has 212 valence electrons. The fourth-order valence-corrected chi connectivity index (χ4v) is 3.99. The quantitative estimate of drug-likeness (QED) is 0.220. The Bertz CT molecular complexity index is 867. The molecule has 1 rings (SSSR count). The molecule has 1 N–H and O–H groups in total. The van der Waals surface area contributed by atoms with Crippen molar-refractivity contribution in [1.29, 1.82) is 0 Å². The first-order valence-electron chi connectivity index (χ1n) is 13.0. The fraction of sp³-hybridized carbons (Fsp3) is 0.741. The summed E-state index contributed by atoms with van der Waals surface area (Å²) in [6.45, 7) is 13.7. The number of halogens is 3. The van der Waals surface area contributed by atoms with Crippen LogP contribution in [0.4, 0.5) is 13.2 Å². The van der Waals surface area contributed by atoms with Gasteiger partial charge in [0.05, 0.1) is 5.57 Å². The number of aliphatic imine (C=N–C) groups is 1. The number of esters is 1. The minimum Gasteiger partial charge on any atom is -0.460 e. The van der Waals surface area contributed by atoms with Crippen molar-refractivity contribution in [3.63, 3.8) is 0 Å². The number of piperazine rings is 1. The van der Waals surface area contributed by atoms with Gasteiger partial charge in [-0.15, -0.1) is 0 Å². The number of alkyl halides is 3. The van der Waals surface area contributed by atoms with Gasteiger partial charge in [0, 0.05) is 38.8 Å². The minimum atomic E-state index is -4.48. The topological polar surface area (TPSA) is 82.4 Å². The van der Waals surface area contributed by atoms with Gasteiger partial charge < -0.3 is 19.6 Å². The van der Waals surface area contributed by atoms with E-state index in [-0.39, 0.29) is 31.1 Å². The number of carbonyl (C=O) groups excluding carboxylic acids is 2. The smallest absolute Gasteiger partial charge is 0.417 e. The number of hydrogen-bond donors (Lipinski definition) is 1. The van der Waals surface area contributed by atoms with Crippen LogP contribution >= 0.6 is 0 Å². The number of carbonyl (C=O) groups is 2. The summed E-state index contributed by atoms with van der Waals surface area (Å²) in [5.74, 6) is -0.187. The van der Waals surface area contributed by atoms with E-state index in [0.29, 0.717) is 51.3 Å². The number of hydrogen-bond acceptors (Lipinski definition) is 6. The Kier molecular flexibility index (Phi) is 12.3. The molecule has 7 nitrogen and oxygen atoms in total. The number of allylic oxidation sites excluding steroid dienone is 3. The SMILES string of the molecule is C/C=C(\C=N/C(=C(C)CC)N1CCN(C(=O)C(O)(CC)CCCCC(=O)OC(C)(C)C)CC1)C(F)(F)F. The molecule has 0 bridgehead atoms. The van der Waals surface area contributed by atoms with Gasteiger partial charge >= 0.3 is 12.1 Å². The van der Waals surface area contributed by atoms with Crippen molar-refractivity contribution in [2.24, 2.45) is 4.99 Å². The zero-order valence-corrected chi connectivity index (χ0v) is 23.4. The van der Waals surface area contributed by atoms with Gasteiger partial charge in [-0.05, 0) is 72.3 Å². The van der Waals surface area contributed by atoms with Crippen LogP contribution in [-0.2, 0) is 14.3 Å². The number of nitrogens with zero attached hydrogens (tertiary/aromatic N) is 3. The second kappa shape index (κ2) is 14.0. The Labute approximate surface area is 219 Å². The molecule has 1 fully saturated rings. The molecule has 0 saturated carbocycles. The molecule has 0 aromatic rings. The molecule has 1 saturated heterocycles. The van der Waals surface area contributed by atoms with E-state index in [2.05, 4.69) is 4.99 Å². The van der Waals surface area contributed by atoms with Crippen molar-refractivity contribution in [2.45, 2.75) is 104 Å². The molecule has 1 aliphatic rings. The largest absolute Gasteiger partial charge is 0.460 e. The molecule has 0 aromatic heterocycles. The molecule has 0 aromatic carbocycles. The summed E-state index contributed by atoms with van der Waals surface area (Å²) in [6.07, 6.45) is -0.317. The van der Waals surface area contributed by atoms with Gasteiger partial charge in [-0.2, -0.15) is 13.2 Å². The predicted octanol–water partition coefficient (Wildman–Crippen LogP) is 5.39. The number of amides is 1. The second-order valence-corrected chi connectivity index (χ2v) is 10.4. The zero-order chi connectivity index (χ0) is 28.4. The molecular formula is C27H44F3N3O4. The zero-order valence-electron chi connectivity index (χ0n) is 23.4. The Balaban J connectivity index is 2.78. The van der Waals surface area contributed by atoms with E-state index in [1.165, 1.54) is 6.92 Å². The van der Waals surface area contributed by atoms with Gasteiger partial charge in [-0.1, -0.05) is 19.9 Å². The fourth-order valence-electron chi connectivity index (χ4n) is 3.99. The van der Waals surface area contributed by atoms with Crippen molar-refractivity contribution >= 4 is 18.1 Å². The van der Waals surface area contributed by atoms with Crippen molar-refractivity contribution in [3.05, 3.63) is 23.0 Å². The van der Waals surface area contributed by atoms with Crippen molar-refractivity contribution in [1.82, 2.24) is 9.80 Å². The van der Waals surface area contributed by atoms with E-state index < -0.39 is 23.0 Å². The lowest BCUT2D eigenvalue weighted by Crippen LogP contribution is -2.55. The van der Waals surface area contributed by atoms with Gasteiger partial charge in [0.2, 0.25) is 0 Å². The standard InChI is InChI=1S/C27H44F3N3O4/c1-8-20(4)23(31-19-21(9-2)27(28,29)30)32-15-17-33(18-16-32)24(35)26(36,10-3)14-12-11-13-22(34)37-25(5,6)7/h9,19,36H,8,10-18H2,1-7H3/b21-9+,23-20?,31-19-. The molecule has 0 spiro atoms. The second-order valence-electron chi connectivity index (χ2n) is 10.4. The third kappa shape index (κ3) is 10.5. The highest BCUT2D eigenvalue weighted by Crippen LogP contribution is 2.27. The van der Waals surface area contributed by atoms with Crippen LogP contribution in [0.15, 0.2) is 28.0 Å². The lowest BCUT2D eigenvalue weighted by Gasteiger charge is -2.40. The van der Waals surface area contributed by atoms with E-state index in [1.807, 2.05) is 18.7 Å². The Morgan fingerprint density at radius 3 is 2.05 bits per heavy atom. The van der Waals surface area contributed by atoms with Gasteiger partial charge in [0.15, 0.2) is 0 Å². The van der Waals surface area contributed by atoms with E-state index in [4.69, 9.17) is 4.74 Å². The van der Waals surface area contributed by atoms with Crippen LogP contribution in [0, 0.1) is 0 Å². The average molecular weight is 532 g/mol. The van der Waals surface area contributed by atoms with Gasteiger partial charge in [-0.25, -0.2) is 4.99 Å². The Morgan fingerprint density at radius 1 is 1.03 bits per heavy atom. The molecule has 1 heterocycles. The third-order valence-corrected chi connectivity index (χ3v) is 6.37. The van der Waals surface area contributed by atoms with Crippen molar-refractivity contribution < 1.29 is 32.6 Å². The number of unbranched alkanes of at least 4 members (excludes halogenated alkanes) is 1. The van der Waals surface area contributed by atoms with Crippen LogP contribution in [0.25, 0.3) is 0 Å². The maximum absolute atomic E-state index is 13.2. The third-order valence-electron chi connectivity index (χ3n) is 6.37. The van der Waals surface area contributed by atoms with Gasteiger partial charge in [0.25, 0.3) is 5.91 Å². The summed E-state index contributed by atoms with van der Waals surface area (Å²) in [5, 5.41) is 11.1. The van der Waals surface area contributed by atoms with Crippen LogP contribution in [0.5, 0.6) is 0 Å². The van der Waals surface area contributed by atoms with Crippen LogP contribution in [0.3, 0.4) is 0 Å². The molecule has 0 radical (unpaired) electrons. The van der Waals surface area contributed by atoms with Gasteiger partial charge in [-0.3, -0.25) is 9.59 Å². The average Bonchev–Trinajstić information content (AvgIpc) is 2.81. The Hall–Kier alpha value is -2.36. The molecule has 1 aliphatic heterocycles. The summed E-state index contributed by atoms with van der Waals surface area (Å²) >= 11 is 0. The monoisotopic (exact) mass is 531 g/mol. The van der Waals surface area contributed by atoms with Crippen molar-refractivity contribution in [2.75, 3.05) is 26.2 Å². The normalized spacial score (nSPS) is 18.1. The van der Waals surface area contributed by atoms with Crippen LogP contribution in [0.2, 0.25) is 0 Å². The van der Waals surface area contributed by atoms with Crippen LogP contribution < -0.4 is 0 Å². The number of ether oxygens (including phenoxy) is 1. The Morgan fingerprint density at radius 2 is 1.59 bits per heavy atom. The molecule has 1 atom stereocenters. The highest BCUT2D eigenvalue weighted by molar-refractivity contribution is 5.85. The van der Waals surface area contributed by atoms with Crippen LogP contribution in [-0.4, -0.2) is 76.6 Å². The molecule has 37 heavy (non-hydrogen) atoms. The maximum Gasteiger partial charge on any atom is 0.417 e. The van der Waals surface area contributed by atoms with E-state index in [0.717, 1.165) is 17.9 Å². The van der Waals surface area contributed by atoms with E-state index in [1.54, 1.807) is 32.6 Å². The molecule has 0 aliphatic carbocycles. The first kappa shape index (κ1) is 32.7. The summed E-state index contributed by atoms with van der Waals surface area (Å²) < 4.78 is 44.6. The molecule has 1 amide bonds. The van der Waals surface area contributed by atoms with E-state index >= 15 is 0 Å². The first-order valence-corrected chi connectivity index (χ1v) is 13.0. The van der Waals surface area contributed by atoms with Gasteiger partial charge in [0.1, 0.15) is 17.0 Å². The molecule has 1 unspecified atom stereocenters. The number of aliphatic hydroxyl groups is 1. The summed E-state index contributed by atoms with van der Waals surface area (Å²) in [5.41, 5.74) is -2.05. The van der Waals surface area contributed by atoms with Crippen molar-refractivity contribution in [3.8, 4) is 0 Å². The lowest BCUT2D eigenvalue weighted by molar-refractivity contribution is -0.155. The lowest BCUT2D eigenvalue weighted by atomic mass is 9.91. The predicted molar refractivity (Wildman–Crippen MR) is 139 cm³/mol. The minimum absolute atomic E-state index is 0.222. The summed E-state index contributed by atoms with van der Waals surface area (Å²) in [4.78, 5) is 32.8. The van der Waals surface area contributed by atoms with Crippen LogP contribution in [0.1, 0.15) is 87.0 Å². The maximum atomic E-state index is 13.2. The number of rotatable bonds is 11. The molecule has 10 heteroatoms. The van der Waals surface area contributed by atoms with E-state index in [9.17, 15) is 27.9 Å². The molecular weight excluding hydrogens is 487 g/mol. The highest BCUT2D eigenvalue weighted by Gasteiger charge is 2.38.